The van der Waals surface area contributed by atoms with Crippen molar-refractivity contribution in [3.05, 3.63) is 0 Å². The highest BCUT2D eigenvalue weighted by atomic mass is 16.6. The Bertz CT molecular complexity index is 732. The molecule has 10 atom stereocenters. The molecule has 36 heavy (non-hydrogen) atoms. The van der Waals surface area contributed by atoms with E-state index in [9.17, 15) is 29.7 Å². The Morgan fingerprint density at radius 1 is 0.778 bits per heavy atom. The number of aliphatic carboxylic acids is 1. The monoisotopic (exact) mass is 524 g/mol. The third-order valence-corrected chi connectivity index (χ3v) is 6.23. The maximum atomic E-state index is 12.4. The molecule has 208 valence electrons. The molecule has 10 unspecified atom stereocenters. The second-order valence-corrected chi connectivity index (χ2v) is 8.58. The molecule has 0 saturated carbocycles. The van der Waals surface area contributed by atoms with E-state index < -0.39 is 78.6 Å². The molecule has 0 radical (unpaired) electrons. The van der Waals surface area contributed by atoms with Crippen molar-refractivity contribution >= 4 is 17.9 Å². The van der Waals surface area contributed by atoms with Crippen molar-refractivity contribution < 1.29 is 67.6 Å². The molecule has 14 heteroatoms. The third kappa shape index (κ3) is 7.10. The van der Waals surface area contributed by atoms with Gasteiger partial charge in [0.15, 0.2) is 12.2 Å². The fourth-order valence-corrected chi connectivity index (χ4v) is 4.58. The van der Waals surface area contributed by atoms with Crippen molar-refractivity contribution in [3.8, 4) is 0 Å². The van der Waals surface area contributed by atoms with Crippen LogP contribution in [0.4, 0.5) is 0 Å². The molecule has 2 saturated heterocycles. The Labute approximate surface area is 208 Å². The van der Waals surface area contributed by atoms with Gasteiger partial charge in [0, 0.05) is 34.2 Å². The van der Waals surface area contributed by atoms with Crippen LogP contribution in [0.25, 0.3) is 0 Å². The van der Waals surface area contributed by atoms with Gasteiger partial charge in [-0.15, -0.1) is 0 Å². The number of ether oxygens (including phenoxy) is 8. The number of rotatable bonds is 12. The van der Waals surface area contributed by atoms with Gasteiger partial charge in [-0.3, -0.25) is 4.79 Å². The van der Waals surface area contributed by atoms with Gasteiger partial charge in [-0.1, -0.05) is 0 Å². The summed E-state index contributed by atoms with van der Waals surface area (Å²) in [6.45, 7) is 0.463. The van der Waals surface area contributed by atoms with E-state index in [0.717, 1.165) is 14.0 Å². The van der Waals surface area contributed by atoms with Crippen molar-refractivity contribution in [1.29, 1.82) is 0 Å². The van der Waals surface area contributed by atoms with Crippen LogP contribution in [-0.2, 0) is 52.3 Å². The predicted octanol–water partition coefficient (Wildman–Crippen LogP) is -2.01. The van der Waals surface area contributed by atoms with Crippen LogP contribution in [-0.4, -0.2) is 137 Å². The van der Waals surface area contributed by atoms with Gasteiger partial charge in [0.1, 0.15) is 30.5 Å². The topological polar surface area (TPSA) is 186 Å². The Kier molecular flexibility index (Phi) is 11.9. The summed E-state index contributed by atoms with van der Waals surface area (Å²) < 4.78 is 42.5. The van der Waals surface area contributed by atoms with Crippen LogP contribution in [0.2, 0.25) is 0 Å². The van der Waals surface area contributed by atoms with Crippen LogP contribution in [0.5, 0.6) is 0 Å². The molecular formula is C22H36O14. The number of carbonyl (C=O) groups excluding carboxylic acids is 2. The number of carboxylic acid groups (broad SMARTS) is 1. The van der Waals surface area contributed by atoms with Crippen LogP contribution >= 0.6 is 0 Å². The lowest BCUT2D eigenvalue weighted by molar-refractivity contribution is -0.245. The zero-order chi connectivity index (χ0) is 27.0. The number of methoxy groups -OCH3 is 4. The maximum absolute atomic E-state index is 12.4. The van der Waals surface area contributed by atoms with E-state index in [-0.39, 0.29) is 26.4 Å². The molecule has 14 nitrogen and oxygen atoms in total. The van der Waals surface area contributed by atoms with Crippen LogP contribution < -0.4 is 0 Å². The molecule has 2 fully saturated rings. The molecule has 0 aromatic rings. The first-order chi connectivity index (χ1) is 17.1. The number of carbonyl (C=O) groups is 3. The van der Waals surface area contributed by atoms with E-state index >= 15 is 0 Å². The first-order valence-electron chi connectivity index (χ1n) is 11.3. The summed E-state index contributed by atoms with van der Waals surface area (Å²) in [6.07, 6.45) is -9.40. The largest absolute Gasteiger partial charge is 0.479 e. The normalized spacial score (nSPS) is 36.8. The number of hydrogen-bond donors (Lipinski definition) is 3. The third-order valence-electron chi connectivity index (χ3n) is 6.23. The zero-order valence-corrected chi connectivity index (χ0v) is 20.9. The smallest absolute Gasteiger partial charge is 0.335 e. The molecule has 3 N–H and O–H groups in total. The average molecular weight is 525 g/mol. The standard InChI is InChI=1S/C22H36O14/c1-10(23)34-18-11(6-29-2)20(22(28)32-5)36-14(16(18)25)9-33-7-12-17(31-4)15(24)13(8-30-3)35-19(12)21(26)27/h11-20,24-25H,6-9H2,1-5H3,(H,26,27). The number of esters is 2. The van der Waals surface area contributed by atoms with Crippen LogP contribution in [0, 0.1) is 11.8 Å². The molecule has 0 spiro atoms. The first kappa shape index (κ1) is 30.3. The summed E-state index contributed by atoms with van der Waals surface area (Å²) in [5.41, 5.74) is 0. The number of aliphatic hydroxyl groups excluding tert-OH is 2. The van der Waals surface area contributed by atoms with Gasteiger partial charge < -0.3 is 53.2 Å². The van der Waals surface area contributed by atoms with E-state index in [1.54, 1.807) is 0 Å². The van der Waals surface area contributed by atoms with Gasteiger partial charge in [-0.05, 0) is 0 Å². The Hall–Kier alpha value is -1.91. The molecule has 2 aliphatic heterocycles. The highest BCUT2D eigenvalue weighted by Gasteiger charge is 2.51. The van der Waals surface area contributed by atoms with Crippen molar-refractivity contribution in [2.75, 3.05) is 54.9 Å². The number of carboxylic acids is 1. The van der Waals surface area contributed by atoms with Gasteiger partial charge in [0.05, 0.1) is 45.6 Å². The second-order valence-electron chi connectivity index (χ2n) is 8.58. The lowest BCUT2D eigenvalue weighted by Gasteiger charge is -2.44. The molecule has 0 amide bonds. The summed E-state index contributed by atoms with van der Waals surface area (Å²) in [7, 11) is 5.25. The highest BCUT2D eigenvalue weighted by Crippen LogP contribution is 2.32. The Morgan fingerprint density at radius 3 is 1.86 bits per heavy atom. The van der Waals surface area contributed by atoms with Crippen molar-refractivity contribution in [2.24, 2.45) is 11.8 Å². The van der Waals surface area contributed by atoms with Crippen LogP contribution in [0.3, 0.4) is 0 Å². The van der Waals surface area contributed by atoms with E-state index in [1.807, 2.05) is 0 Å². The molecule has 0 aromatic carbocycles. The summed E-state index contributed by atoms with van der Waals surface area (Å²) >= 11 is 0. The minimum atomic E-state index is -1.40. The van der Waals surface area contributed by atoms with Crippen molar-refractivity contribution in [3.63, 3.8) is 0 Å². The average Bonchev–Trinajstić information content (AvgIpc) is 2.83. The van der Waals surface area contributed by atoms with Gasteiger partial charge in [-0.2, -0.15) is 0 Å². The van der Waals surface area contributed by atoms with E-state index in [1.165, 1.54) is 21.3 Å². The SMILES string of the molecule is COCC1OC(C(=O)O)C(COCC2OC(C(=O)OC)C(COC)C(OC(C)=O)C2O)C(OC)C1O. The van der Waals surface area contributed by atoms with E-state index in [2.05, 4.69) is 0 Å². The lowest BCUT2D eigenvalue weighted by atomic mass is 9.86. The fraction of sp³-hybridized carbons (Fsp3) is 0.864. The lowest BCUT2D eigenvalue weighted by Crippen LogP contribution is -2.61. The van der Waals surface area contributed by atoms with Crippen LogP contribution in [0.1, 0.15) is 6.92 Å². The molecule has 2 rings (SSSR count). The summed E-state index contributed by atoms with van der Waals surface area (Å²) in [6, 6.07) is 0. The fourth-order valence-electron chi connectivity index (χ4n) is 4.58. The minimum absolute atomic E-state index is 0.0460. The van der Waals surface area contributed by atoms with Gasteiger partial charge in [0.2, 0.25) is 0 Å². The number of aliphatic hydroxyl groups is 2. The molecule has 2 aliphatic rings. The highest BCUT2D eigenvalue weighted by molar-refractivity contribution is 5.75. The van der Waals surface area contributed by atoms with Gasteiger partial charge >= 0.3 is 17.9 Å². The first-order valence-corrected chi connectivity index (χ1v) is 11.3. The molecule has 0 aliphatic carbocycles. The van der Waals surface area contributed by atoms with Crippen molar-refractivity contribution in [2.45, 2.75) is 55.8 Å². The quantitative estimate of drug-likeness (QED) is 0.238. The van der Waals surface area contributed by atoms with Gasteiger partial charge in [-0.25, -0.2) is 9.59 Å². The summed E-state index contributed by atoms with van der Waals surface area (Å²) in [5.74, 6) is -4.51. The van der Waals surface area contributed by atoms with E-state index in [0.29, 0.717) is 0 Å². The molecular weight excluding hydrogens is 488 g/mol. The maximum Gasteiger partial charge on any atom is 0.335 e. The summed E-state index contributed by atoms with van der Waals surface area (Å²) in [4.78, 5) is 35.9. The summed E-state index contributed by atoms with van der Waals surface area (Å²) in [5, 5.41) is 31.1. The Balaban J connectivity index is 2.17. The molecule has 0 aromatic heterocycles. The second kappa shape index (κ2) is 14.1. The van der Waals surface area contributed by atoms with Gasteiger partial charge in [0.25, 0.3) is 0 Å². The minimum Gasteiger partial charge on any atom is -0.479 e. The van der Waals surface area contributed by atoms with E-state index in [4.69, 9.17) is 37.9 Å². The molecule has 2 heterocycles. The molecule has 0 bridgehead atoms. The number of hydrogen-bond acceptors (Lipinski definition) is 13. The van der Waals surface area contributed by atoms with Crippen molar-refractivity contribution in [1.82, 2.24) is 0 Å². The zero-order valence-electron chi connectivity index (χ0n) is 20.9. The van der Waals surface area contributed by atoms with Crippen LogP contribution in [0.15, 0.2) is 0 Å². The Morgan fingerprint density at radius 2 is 1.33 bits per heavy atom. The predicted molar refractivity (Wildman–Crippen MR) is 117 cm³/mol.